The van der Waals surface area contributed by atoms with Gasteiger partial charge in [-0.2, -0.15) is 0 Å². The minimum atomic E-state index is 0.618. The molecule has 4 bridgehead atoms. The number of nitrogens with one attached hydrogen (secondary N) is 1. The number of hydrogen-bond donors (Lipinski definition) is 1. The zero-order chi connectivity index (χ0) is 14.4. The largest absolute Gasteiger partial charge is 0.312 e. The Hall–Kier alpha value is -0.0800. The van der Waals surface area contributed by atoms with Gasteiger partial charge in [0.1, 0.15) is 0 Å². The molecule has 5 fully saturated rings. The van der Waals surface area contributed by atoms with Gasteiger partial charge in [-0.15, -0.1) is 0 Å². The maximum absolute atomic E-state index is 3.85. The summed E-state index contributed by atoms with van der Waals surface area (Å²) in [6.07, 6.45) is 12.0. The van der Waals surface area contributed by atoms with Crippen molar-refractivity contribution in [2.75, 3.05) is 19.6 Å². The molecule has 0 spiro atoms. The molecule has 0 amide bonds. The normalized spacial score (nSPS) is 48.3. The highest BCUT2D eigenvalue weighted by molar-refractivity contribution is 5.08. The van der Waals surface area contributed by atoms with Gasteiger partial charge in [-0.3, -0.25) is 4.90 Å². The third kappa shape index (κ3) is 2.57. The van der Waals surface area contributed by atoms with Crippen LogP contribution in [0.15, 0.2) is 0 Å². The Labute approximate surface area is 131 Å². The van der Waals surface area contributed by atoms with Gasteiger partial charge >= 0.3 is 0 Å². The third-order valence-corrected chi connectivity index (χ3v) is 7.44. The summed E-state index contributed by atoms with van der Waals surface area (Å²) in [5.41, 5.74) is 0.618. The van der Waals surface area contributed by atoms with E-state index in [1.54, 1.807) is 19.3 Å². The topological polar surface area (TPSA) is 15.3 Å². The summed E-state index contributed by atoms with van der Waals surface area (Å²) in [7, 11) is 0. The van der Waals surface area contributed by atoms with Crippen LogP contribution in [0, 0.1) is 23.7 Å². The van der Waals surface area contributed by atoms with Gasteiger partial charge in [-0.1, -0.05) is 20.3 Å². The van der Waals surface area contributed by atoms with Crippen LogP contribution in [0.25, 0.3) is 0 Å². The van der Waals surface area contributed by atoms with Crippen molar-refractivity contribution in [1.82, 2.24) is 10.2 Å². The zero-order valence-corrected chi connectivity index (χ0v) is 14.1. The van der Waals surface area contributed by atoms with E-state index in [0.717, 1.165) is 29.7 Å². The van der Waals surface area contributed by atoms with Crippen LogP contribution in [-0.2, 0) is 0 Å². The van der Waals surface area contributed by atoms with Gasteiger partial charge in [0, 0.05) is 18.1 Å². The van der Waals surface area contributed by atoms with Gasteiger partial charge < -0.3 is 5.32 Å². The minimum Gasteiger partial charge on any atom is -0.312 e. The van der Waals surface area contributed by atoms with Crippen LogP contribution in [-0.4, -0.2) is 36.1 Å². The fraction of sp³-hybridized carbons (Fsp3) is 1.00. The van der Waals surface area contributed by atoms with Crippen molar-refractivity contribution in [2.24, 2.45) is 23.7 Å². The maximum Gasteiger partial charge on any atom is 0.0220 e. The van der Waals surface area contributed by atoms with E-state index in [4.69, 9.17) is 0 Å². The highest BCUT2D eigenvalue weighted by Crippen LogP contribution is 2.57. The van der Waals surface area contributed by atoms with Crippen LogP contribution in [0.5, 0.6) is 0 Å². The van der Waals surface area contributed by atoms with E-state index in [1.165, 1.54) is 51.7 Å². The van der Waals surface area contributed by atoms with E-state index in [0.29, 0.717) is 5.54 Å². The lowest BCUT2D eigenvalue weighted by Crippen LogP contribution is -2.61. The molecule has 0 aromatic rings. The summed E-state index contributed by atoms with van der Waals surface area (Å²) >= 11 is 0. The van der Waals surface area contributed by atoms with E-state index in [-0.39, 0.29) is 0 Å². The van der Waals surface area contributed by atoms with Crippen LogP contribution >= 0.6 is 0 Å². The van der Waals surface area contributed by atoms with E-state index in [1.807, 2.05) is 0 Å². The molecule has 2 atom stereocenters. The van der Waals surface area contributed by atoms with Gasteiger partial charge in [-0.05, 0) is 81.7 Å². The van der Waals surface area contributed by atoms with Gasteiger partial charge in [0.2, 0.25) is 0 Å². The summed E-state index contributed by atoms with van der Waals surface area (Å²) in [6, 6.07) is 0.727. The molecule has 2 unspecified atom stereocenters. The van der Waals surface area contributed by atoms with Crippen molar-refractivity contribution < 1.29 is 0 Å². The van der Waals surface area contributed by atoms with Crippen LogP contribution < -0.4 is 5.32 Å². The first-order valence-electron chi connectivity index (χ1n) is 9.67. The molecule has 0 radical (unpaired) electrons. The summed E-state index contributed by atoms with van der Waals surface area (Å²) in [5.74, 6) is 4.05. The molecule has 0 aromatic heterocycles. The second kappa shape index (κ2) is 5.53. The Bertz CT molecular complexity index is 342. The standard InChI is InChI=1S/C19H34N2/c1-3-14(2)18-13-21(6-4-5-20-18)19-10-15-7-16(11-19)9-17(8-15)12-19/h14-18,20H,3-13H2,1-2H3. The molecule has 1 heterocycles. The molecule has 5 rings (SSSR count). The van der Waals surface area contributed by atoms with E-state index in [2.05, 4.69) is 24.1 Å². The van der Waals surface area contributed by atoms with Crippen LogP contribution in [0.1, 0.15) is 65.2 Å². The summed E-state index contributed by atoms with van der Waals surface area (Å²) in [5, 5.41) is 3.85. The molecule has 4 aliphatic carbocycles. The summed E-state index contributed by atoms with van der Waals surface area (Å²) in [6.45, 7) is 8.71. The van der Waals surface area contributed by atoms with Gasteiger partial charge in [0.15, 0.2) is 0 Å². The Morgan fingerprint density at radius 3 is 2.29 bits per heavy atom. The first-order chi connectivity index (χ1) is 10.2. The highest BCUT2D eigenvalue weighted by atomic mass is 15.2. The lowest BCUT2D eigenvalue weighted by molar-refractivity contribution is -0.0901. The molecule has 2 heteroatoms. The quantitative estimate of drug-likeness (QED) is 0.853. The summed E-state index contributed by atoms with van der Waals surface area (Å²) < 4.78 is 0. The monoisotopic (exact) mass is 290 g/mol. The van der Waals surface area contributed by atoms with Crippen molar-refractivity contribution in [3.05, 3.63) is 0 Å². The molecule has 21 heavy (non-hydrogen) atoms. The fourth-order valence-electron chi connectivity index (χ4n) is 6.50. The molecule has 1 saturated heterocycles. The second-order valence-electron chi connectivity index (χ2n) is 8.89. The molecular weight excluding hydrogens is 256 g/mol. The SMILES string of the molecule is CCC(C)C1CN(C23CC4CC(CC(C4)C2)C3)CCCN1. The Morgan fingerprint density at radius 2 is 1.71 bits per heavy atom. The molecule has 2 nitrogen and oxygen atoms in total. The van der Waals surface area contributed by atoms with Crippen LogP contribution in [0.4, 0.5) is 0 Å². The van der Waals surface area contributed by atoms with E-state index in [9.17, 15) is 0 Å². The second-order valence-corrected chi connectivity index (χ2v) is 8.89. The maximum atomic E-state index is 3.85. The van der Waals surface area contributed by atoms with Crippen molar-refractivity contribution in [3.8, 4) is 0 Å². The van der Waals surface area contributed by atoms with Crippen molar-refractivity contribution in [2.45, 2.75) is 76.8 Å². The van der Waals surface area contributed by atoms with Crippen LogP contribution in [0.2, 0.25) is 0 Å². The molecule has 5 aliphatic rings. The molecule has 1 N–H and O–H groups in total. The first kappa shape index (κ1) is 14.5. The van der Waals surface area contributed by atoms with Gasteiger partial charge in [0.25, 0.3) is 0 Å². The van der Waals surface area contributed by atoms with E-state index < -0.39 is 0 Å². The lowest BCUT2D eigenvalue weighted by Gasteiger charge is -2.61. The Balaban J connectivity index is 1.54. The predicted octanol–water partition coefficient (Wildman–Crippen LogP) is 3.67. The number of rotatable bonds is 3. The van der Waals surface area contributed by atoms with Gasteiger partial charge in [-0.25, -0.2) is 0 Å². The van der Waals surface area contributed by atoms with E-state index >= 15 is 0 Å². The zero-order valence-electron chi connectivity index (χ0n) is 14.1. The molecular formula is C19H34N2. The fourth-order valence-corrected chi connectivity index (χ4v) is 6.50. The molecule has 4 saturated carbocycles. The van der Waals surface area contributed by atoms with Crippen molar-refractivity contribution in [1.29, 1.82) is 0 Å². The molecule has 0 aromatic carbocycles. The number of hydrogen-bond acceptors (Lipinski definition) is 2. The highest BCUT2D eigenvalue weighted by Gasteiger charge is 2.53. The first-order valence-corrected chi connectivity index (χ1v) is 9.67. The average Bonchev–Trinajstić information content (AvgIpc) is 2.71. The predicted molar refractivity (Wildman–Crippen MR) is 88.3 cm³/mol. The van der Waals surface area contributed by atoms with Crippen molar-refractivity contribution >= 4 is 0 Å². The van der Waals surface area contributed by atoms with Gasteiger partial charge in [0.05, 0.1) is 0 Å². The average molecular weight is 290 g/mol. The Kier molecular flexibility index (Phi) is 3.82. The van der Waals surface area contributed by atoms with Crippen molar-refractivity contribution in [3.63, 3.8) is 0 Å². The molecule has 120 valence electrons. The lowest BCUT2D eigenvalue weighted by atomic mass is 9.52. The smallest absolute Gasteiger partial charge is 0.0220 e. The third-order valence-electron chi connectivity index (χ3n) is 7.44. The minimum absolute atomic E-state index is 0.618. The Morgan fingerprint density at radius 1 is 1.10 bits per heavy atom. The van der Waals surface area contributed by atoms with Crippen LogP contribution in [0.3, 0.4) is 0 Å². The summed E-state index contributed by atoms with van der Waals surface area (Å²) in [4.78, 5) is 2.98. The molecule has 1 aliphatic heterocycles. The number of nitrogens with zero attached hydrogens (tertiary/aromatic N) is 1.